The molecule has 12 rings (SSSR count). The molecule has 74 heavy (non-hydrogen) atoms. The number of pyridine rings is 1. The minimum absolute atomic E-state index is 0.225. The minimum atomic E-state index is -0.609. The second-order valence-electron chi connectivity index (χ2n) is 22.4. The molecule has 5 aromatic rings. The van der Waals surface area contributed by atoms with E-state index < -0.39 is 6.17 Å². The predicted molar refractivity (Wildman–Crippen MR) is 302 cm³/mol. The number of nitrogens with zero attached hydrogens (tertiary/aromatic N) is 1. The lowest BCUT2D eigenvalue weighted by Gasteiger charge is -2.24. The van der Waals surface area contributed by atoms with Gasteiger partial charge in [0.1, 0.15) is 0 Å². The molecule has 6 saturated heterocycles. The predicted octanol–water partition coefficient (Wildman–Crippen LogP) is 3.94. The van der Waals surface area contributed by atoms with Gasteiger partial charge in [-0.05, 0) is 43.9 Å². The number of hydrogen-bond acceptors (Lipinski definition) is 1. The van der Waals surface area contributed by atoms with Gasteiger partial charge in [0.25, 0.3) is 0 Å². The number of halogens is 1. The molecule has 9 heteroatoms. The number of nitrogens with one attached hydrogen (secondary N) is 7. The number of quaternary nitrogens is 7. The summed E-state index contributed by atoms with van der Waals surface area (Å²) >= 11 is 0. The highest BCUT2D eigenvalue weighted by Gasteiger charge is 2.28. The SMILES string of the molecule is [CH2-][NH+]1CCC(c2ccc(C)cc2)C1.[CH2-][NH+]1CCCC1.[CH2-][NH+]1CCCC1c1ccccc1.[CH2-][NH+]1CCCC1c1ccccc1C.[CH2-][NH+]1CCCC1c1cccnc1.[CH2-][NH+]1C[C@@H](C)[C@H](F)C1.[CH2-][NH+]1Cc2ccccc2C1. The summed E-state index contributed by atoms with van der Waals surface area (Å²) in [7, 11) is 27.9. The van der Waals surface area contributed by atoms with Gasteiger partial charge in [0.15, 0.2) is 6.17 Å². The first-order chi connectivity index (χ1) is 35.7. The van der Waals surface area contributed by atoms with Crippen LogP contribution in [0.1, 0.15) is 133 Å². The fourth-order valence-electron chi connectivity index (χ4n) is 11.7. The van der Waals surface area contributed by atoms with Crippen molar-refractivity contribution in [2.45, 2.75) is 122 Å². The fraction of sp³-hybridized carbons (Fsp3) is 0.446. The van der Waals surface area contributed by atoms with Crippen LogP contribution in [0.5, 0.6) is 0 Å². The van der Waals surface area contributed by atoms with E-state index in [1.165, 1.54) is 178 Å². The lowest BCUT2D eigenvalue weighted by atomic mass is 9.98. The highest BCUT2D eigenvalue weighted by atomic mass is 19.1. The van der Waals surface area contributed by atoms with Crippen molar-refractivity contribution in [2.75, 3.05) is 58.9 Å². The molecule has 8 heterocycles. The summed E-state index contributed by atoms with van der Waals surface area (Å²) in [6.07, 6.45) is 15.0. The van der Waals surface area contributed by atoms with Crippen LogP contribution in [0.15, 0.2) is 128 Å². The molecule has 7 aliphatic rings. The van der Waals surface area contributed by atoms with Gasteiger partial charge in [0, 0.05) is 97.0 Å². The van der Waals surface area contributed by atoms with Gasteiger partial charge in [-0.15, -0.1) is 0 Å². The van der Waals surface area contributed by atoms with E-state index in [4.69, 9.17) is 0 Å². The fourth-order valence-corrected chi connectivity index (χ4v) is 11.7. The molecule has 4 aromatic carbocycles. The molecule has 8 nitrogen and oxygen atoms in total. The zero-order valence-corrected chi connectivity index (χ0v) is 46.0. The van der Waals surface area contributed by atoms with Crippen LogP contribution in [0.3, 0.4) is 0 Å². The standard InChI is InChI=1S/2C12H17N.C11H15N.C10H14N2.C9H11N.C6H12FN.C5H11N/c1-10-3-5-11(6-4-10)12-7-8-13(2)9-12;1-10-6-3-4-7-11(10)12-8-5-9-13(12)2;1-12-9-5-8-11(12)10-6-3-2-4-7-10;1-12-7-3-5-10(12)9-4-2-6-11-8-9;1-10-6-8-4-2-3-5-9(8)7-10;1-5-3-8(2)4-6(5)7;1-6-4-2-3-5-6/h3-6,12-13H,2,7-9H2,1H3;3-4,6-7,12-13H,2,5,8-9H2,1H3;2-4,6-7,11-12H,1,5,8-9H2;2,4,6,8,10,12H,1,3,5,7H2;2-5,10H,1,6-7H2;5-6,8H,2-4H2,1H3;6H,1-5H2/t;;;;;5-,6-;/m.....1./s1. The summed E-state index contributed by atoms with van der Waals surface area (Å²) in [5, 5.41) is 0. The summed E-state index contributed by atoms with van der Waals surface area (Å²) in [5.41, 5.74) is 11.4. The number of aryl methyl sites for hydroxylation is 2. The van der Waals surface area contributed by atoms with Gasteiger partial charge in [-0.2, -0.15) is 49.3 Å². The zero-order chi connectivity index (χ0) is 52.8. The smallest absolute Gasteiger partial charge is 0.154 e. The highest BCUT2D eigenvalue weighted by Crippen LogP contribution is 2.23. The van der Waals surface area contributed by atoms with Gasteiger partial charge in [-0.3, -0.25) is 4.98 Å². The average molecular weight is 1010 g/mol. The third-order valence-electron chi connectivity index (χ3n) is 16.3. The van der Waals surface area contributed by atoms with Crippen LogP contribution < -0.4 is 34.3 Å². The first-order valence-corrected chi connectivity index (χ1v) is 28.2. The van der Waals surface area contributed by atoms with Gasteiger partial charge in [0.2, 0.25) is 0 Å². The second-order valence-corrected chi connectivity index (χ2v) is 22.4. The molecule has 404 valence electrons. The van der Waals surface area contributed by atoms with E-state index in [1.54, 1.807) is 0 Å². The van der Waals surface area contributed by atoms with E-state index in [0.717, 1.165) is 30.5 Å². The van der Waals surface area contributed by atoms with E-state index in [9.17, 15) is 4.39 Å². The van der Waals surface area contributed by atoms with Crippen molar-refractivity contribution < 1.29 is 38.7 Å². The lowest BCUT2D eigenvalue weighted by molar-refractivity contribution is -0.874. The van der Waals surface area contributed by atoms with E-state index in [2.05, 4.69) is 177 Å². The van der Waals surface area contributed by atoms with Gasteiger partial charge >= 0.3 is 0 Å². The average Bonchev–Trinajstić information content (AvgIpc) is 4.30. The molecule has 7 aliphatic heterocycles. The molecule has 0 radical (unpaired) electrons. The first-order valence-electron chi connectivity index (χ1n) is 28.2. The van der Waals surface area contributed by atoms with Crippen LogP contribution in [0.25, 0.3) is 0 Å². The molecule has 9 unspecified atom stereocenters. The second kappa shape index (κ2) is 31.0. The molecule has 11 atom stereocenters. The Bertz CT molecular complexity index is 2200. The van der Waals surface area contributed by atoms with Gasteiger partial charge in [-0.25, -0.2) is 4.39 Å². The number of alkyl halides is 1. The number of hydrogen-bond donors (Lipinski definition) is 7. The Labute approximate surface area is 449 Å². The molecule has 0 spiro atoms. The molecule has 0 saturated carbocycles. The Morgan fingerprint density at radius 1 is 0.459 bits per heavy atom. The Morgan fingerprint density at radius 3 is 1.45 bits per heavy atom. The summed E-state index contributed by atoms with van der Waals surface area (Å²) < 4.78 is 12.5. The number of likely N-dealkylation sites (tertiary alicyclic amines) is 6. The normalized spacial score (nSPS) is 28.8. The number of aromatic nitrogens is 1. The molecule has 0 amide bonds. The van der Waals surface area contributed by atoms with Crippen LogP contribution >= 0.6 is 0 Å². The summed E-state index contributed by atoms with van der Waals surface area (Å²) in [5.74, 6) is 0.968. The van der Waals surface area contributed by atoms with Crippen LogP contribution in [-0.4, -0.2) is 70.1 Å². The van der Waals surface area contributed by atoms with Crippen LogP contribution in [0.2, 0.25) is 0 Å². The third-order valence-corrected chi connectivity index (χ3v) is 16.3. The van der Waals surface area contributed by atoms with E-state index in [1.807, 2.05) is 25.4 Å². The molecule has 0 aliphatic carbocycles. The van der Waals surface area contributed by atoms with Crippen molar-refractivity contribution in [3.63, 3.8) is 0 Å². The maximum atomic E-state index is 12.5. The molecule has 7 N–H and O–H groups in total. The molecule has 6 fully saturated rings. The molecular formula is C65H97FN8. The molecule has 1 aromatic heterocycles. The first kappa shape index (κ1) is 58.9. The lowest BCUT2D eigenvalue weighted by Crippen LogP contribution is -3.05. The van der Waals surface area contributed by atoms with Crippen LogP contribution in [0.4, 0.5) is 4.39 Å². The van der Waals surface area contributed by atoms with Gasteiger partial charge in [0.05, 0.1) is 90.1 Å². The summed E-state index contributed by atoms with van der Waals surface area (Å²) in [4.78, 5) is 13.6. The van der Waals surface area contributed by atoms with Crippen molar-refractivity contribution in [3.05, 3.63) is 221 Å². The van der Waals surface area contributed by atoms with Crippen molar-refractivity contribution >= 4 is 0 Å². The van der Waals surface area contributed by atoms with Crippen LogP contribution in [-0.2, 0) is 13.1 Å². The van der Waals surface area contributed by atoms with Crippen molar-refractivity contribution in [1.82, 2.24) is 4.98 Å². The summed E-state index contributed by atoms with van der Waals surface area (Å²) in [6, 6.07) is 42.9. The van der Waals surface area contributed by atoms with Gasteiger partial charge < -0.3 is 34.3 Å². The van der Waals surface area contributed by atoms with E-state index >= 15 is 0 Å². The van der Waals surface area contributed by atoms with Gasteiger partial charge in [-0.1, -0.05) is 122 Å². The largest absolute Gasteiger partial charge is 0.468 e. The maximum Gasteiger partial charge on any atom is 0.154 e. The van der Waals surface area contributed by atoms with Crippen molar-refractivity contribution in [1.29, 1.82) is 0 Å². The van der Waals surface area contributed by atoms with Crippen molar-refractivity contribution in [3.8, 4) is 0 Å². The Balaban J connectivity index is 0.000000142. The number of rotatable bonds is 4. The minimum Gasteiger partial charge on any atom is -0.468 e. The van der Waals surface area contributed by atoms with E-state index in [0.29, 0.717) is 24.7 Å². The highest BCUT2D eigenvalue weighted by molar-refractivity contribution is 5.29. The number of fused-ring (bicyclic) bond motifs is 1. The monoisotopic (exact) mass is 1010 g/mol. The van der Waals surface area contributed by atoms with E-state index in [-0.39, 0.29) is 5.92 Å². The van der Waals surface area contributed by atoms with Crippen molar-refractivity contribution in [2.24, 2.45) is 5.92 Å². The molecule has 0 bridgehead atoms. The third kappa shape index (κ3) is 19.1. The van der Waals surface area contributed by atoms with Crippen LogP contribution in [0, 0.1) is 69.1 Å². The zero-order valence-electron chi connectivity index (χ0n) is 46.0. The summed E-state index contributed by atoms with van der Waals surface area (Å²) in [6.45, 7) is 18.6. The quantitative estimate of drug-likeness (QED) is 0.137. The Morgan fingerprint density at radius 2 is 1.00 bits per heavy atom. The number of benzene rings is 4. The Kier molecular flexibility index (Phi) is 24.7. The maximum absolute atomic E-state index is 12.5. The Hall–Kier alpha value is -4.32. The topological polar surface area (TPSA) is 44.0 Å². The molecular weight excluding hydrogens is 912 g/mol.